The molecule has 0 spiro atoms. The largest absolute Gasteiger partial charge is 0.480 e. The molecular formula is C8H9IN2O2. The molecule has 1 rings (SSSR count). The second-order valence-electron chi connectivity index (χ2n) is 2.54. The summed E-state index contributed by atoms with van der Waals surface area (Å²) in [6.07, 6.45) is 1.62. The van der Waals surface area contributed by atoms with Crippen molar-refractivity contribution in [3.05, 3.63) is 21.9 Å². The number of rotatable bonds is 3. The zero-order chi connectivity index (χ0) is 9.84. The zero-order valence-corrected chi connectivity index (χ0v) is 9.15. The summed E-state index contributed by atoms with van der Waals surface area (Å²) >= 11 is 2.10. The number of aliphatic carboxylic acids is 1. The van der Waals surface area contributed by atoms with Gasteiger partial charge in [-0.15, -0.1) is 0 Å². The van der Waals surface area contributed by atoms with E-state index in [0.717, 1.165) is 3.57 Å². The van der Waals surface area contributed by atoms with E-state index in [-0.39, 0.29) is 0 Å². The molecule has 70 valence electrons. The third-order valence-corrected chi connectivity index (χ3v) is 2.35. The van der Waals surface area contributed by atoms with Crippen LogP contribution in [0.25, 0.3) is 0 Å². The van der Waals surface area contributed by atoms with E-state index in [9.17, 15) is 4.79 Å². The molecule has 5 heteroatoms. The third kappa shape index (κ3) is 2.83. The van der Waals surface area contributed by atoms with Gasteiger partial charge in [0.25, 0.3) is 0 Å². The topological polar surface area (TPSA) is 62.2 Å². The summed E-state index contributed by atoms with van der Waals surface area (Å²) in [5.74, 6) is -0.278. The van der Waals surface area contributed by atoms with Crippen LogP contribution in [0.4, 0.5) is 5.82 Å². The van der Waals surface area contributed by atoms with E-state index in [1.54, 1.807) is 19.2 Å². The average molecular weight is 292 g/mol. The Morgan fingerprint density at radius 1 is 1.77 bits per heavy atom. The van der Waals surface area contributed by atoms with Crippen molar-refractivity contribution in [2.45, 2.75) is 13.0 Å². The molecule has 1 aromatic rings. The van der Waals surface area contributed by atoms with Gasteiger partial charge in [0, 0.05) is 6.20 Å². The lowest BCUT2D eigenvalue weighted by molar-refractivity contribution is -0.137. The maximum Gasteiger partial charge on any atom is 0.325 e. The Hall–Kier alpha value is -0.850. The number of pyridine rings is 1. The lowest BCUT2D eigenvalue weighted by atomic mass is 10.3. The van der Waals surface area contributed by atoms with Crippen molar-refractivity contribution >= 4 is 34.4 Å². The number of nitrogens with one attached hydrogen (secondary N) is 1. The molecule has 0 aromatic carbocycles. The molecule has 0 aliphatic carbocycles. The smallest absolute Gasteiger partial charge is 0.325 e. The maximum atomic E-state index is 10.5. The van der Waals surface area contributed by atoms with E-state index in [1.807, 2.05) is 6.07 Å². The molecule has 0 aliphatic heterocycles. The van der Waals surface area contributed by atoms with Crippen LogP contribution >= 0.6 is 22.6 Å². The summed E-state index contributed by atoms with van der Waals surface area (Å²) in [6, 6.07) is 3.05. The van der Waals surface area contributed by atoms with E-state index in [2.05, 4.69) is 32.9 Å². The minimum absolute atomic E-state index is 0.609. The predicted molar refractivity (Wildman–Crippen MR) is 57.7 cm³/mol. The first-order chi connectivity index (χ1) is 6.11. The Kier molecular flexibility index (Phi) is 3.47. The molecule has 2 N–H and O–H groups in total. The van der Waals surface area contributed by atoms with Crippen LogP contribution in [-0.2, 0) is 4.79 Å². The van der Waals surface area contributed by atoms with Gasteiger partial charge in [-0.2, -0.15) is 0 Å². The minimum Gasteiger partial charge on any atom is -0.480 e. The van der Waals surface area contributed by atoms with Gasteiger partial charge >= 0.3 is 5.97 Å². The van der Waals surface area contributed by atoms with Crippen LogP contribution < -0.4 is 5.32 Å². The van der Waals surface area contributed by atoms with Crippen LogP contribution in [-0.4, -0.2) is 22.1 Å². The van der Waals surface area contributed by atoms with Gasteiger partial charge in [0.2, 0.25) is 0 Å². The fourth-order valence-electron chi connectivity index (χ4n) is 0.759. The molecule has 0 saturated carbocycles. The summed E-state index contributed by atoms with van der Waals surface area (Å²) in [4.78, 5) is 14.5. The molecule has 1 atom stereocenters. The van der Waals surface area contributed by atoms with Crippen molar-refractivity contribution in [2.24, 2.45) is 0 Å². The van der Waals surface area contributed by atoms with E-state index in [0.29, 0.717) is 5.82 Å². The number of hydrogen-bond acceptors (Lipinski definition) is 3. The molecule has 0 radical (unpaired) electrons. The fourth-order valence-corrected chi connectivity index (χ4v) is 1.26. The Morgan fingerprint density at radius 2 is 2.46 bits per heavy atom. The van der Waals surface area contributed by atoms with E-state index in [1.165, 1.54) is 0 Å². The fraction of sp³-hybridized carbons (Fsp3) is 0.250. The number of carboxylic acid groups (broad SMARTS) is 1. The Morgan fingerprint density at radius 3 is 3.00 bits per heavy atom. The van der Waals surface area contributed by atoms with E-state index < -0.39 is 12.0 Å². The lowest BCUT2D eigenvalue weighted by Crippen LogP contribution is -2.26. The number of aromatic nitrogens is 1. The molecule has 0 bridgehead atoms. The highest BCUT2D eigenvalue weighted by Gasteiger charge is 2.11. The monoisotopic (exact) mass is 292 g/mol. The molecule has 0 aliphatic rings. The molecule has 0 fully saturated rings. The third-order valence-electron chi connectivity index (χ3n) is 1.48. The zero-order valence-electron chi connectivity index (χ0n) is 6.99. The predicted octanol–water partition coefficient (Wildman–Crippen LogP) is 1.57. The Bertz CT molecular complexity index is 317. The molecule has 0 amide bonds. The average Bonchev–Trinajstić information content (AvgIpc) is 2.08. The molecular weight excluding hydrogens is 283 g/mol. The highest BCUT2D eigenvalue weighted by Crippen LogP contribution is 2.14. The van der Waals surface area contributed by atoms with Gasteiger partial charge in [0.15, 0.2) is 0 Å². The molecule has 1 aromatic heterocycles. The Balaban J connectivity index is 2.74. The highest BCUT2D eigenvalue weighted by atomic mass is 127. The van der Waals surface area contributed by atoms with Crippen LogP contribution in [0.15, 0.2) is 18.3 Å². The van der Waals surface area contributed by atoms with Crippen molar-refractivity contribution in [1.29, 1.82) is 0 Å². The normalized spacial score (nSPS) is 12.2. The van der Waals surface area contributed by atoms with Crippen molar-refractivity contribution < 1.29 is 9.90 Å². The van der Waals surface area contributed by atoms with Gasteiger partial charge in [-0.3, -0.25) is 4.79 Å². The first kappa shape index (κ1) is 10.2. The lowest BCUT2D eigenvalue weighted by Gasteiger charge is -2.10. The summed E-state index contributed by atoms with van der Waals surface area (Å²) in [5, 5.41) is 11.4. The first-order valence-corrected chi connectivity index (χ1v) is 4.79. The number of carbonyl (C=O) groups is 1. The number of carboxylic acids is 1. The second-order valence-corrected chi connectivity index (χ2v) is 3.70. The second kappa shape index (κ2) is 4.40. The van der Waals surface area contributed by atoms with Gasteiger partial charge < -0.3 is 10.4 Å². The summed E-state index contributed by atoms with van der Waals surface area (Å²) in [5.41, 5.74) is 0. The Labute approximate surface area is 89.5 Å². The number of halogens is 1. The van der Waals surface area contributed by atoms with Crippen LogP contribution in [0, 0.1) is 3.57 Å². The molecule has 0 saturated heterocycles. The summed E-state index contributed by atoms with van der Waals surface area (Å²) < 4.78 is 0.910. The highest BCUT2D eigenvalue weighted by molar-refractivity contribution is 14.1. The van der Waals surface area contributed by atoms with Crippen molar-refractivity contribution in [3.8, 4) is 0 Å². The summed E-state index contributed by atoms with van der Waals surface area (Å²) in [7, 11) is 0. The quantitative estimate of drug-likeness (QED) is 0.830. The molecule has 4 nitrogen and oxygen atoms in total. The number of hydrogen-bond donors (Lipinski definition) is 2. The first-order valence-electron chi connectivity index (χ1n) is 3.71. The van der Waals surface area contributed by atoms with E-state index in [4.69, 9.17) is 5.11 Å². The van der Waals surface area contributed by atoms with Crippen LogP contribution in [0.2, 0.25) is 0 Å². The van der Waals surface area contributed by atoms with Gasteiger partial charge in [-0.25, -0.2) is 4.98 Å². The molecule has 0 unspecified atom stereocenters. The van der Waals surface area contributed by atoms with Crippen LogP contribution in [0.3, 0.4) is 0 Å². The number of nitrogens with zero attached hydrogens (tertiary/aromatic N) is 1. The maximum absolute atomic E-state index is 10.5. The van der Waals surface area contributed by atoms with Gasteiger partial charge in [0.1, 0.15) is 11.9 Å². The minimum atomic E-state index is -0.888. The standard InChI is InChI=1S/C8H9IN2O2/c1-5(8(12)13)11-7-6(9)3-2-4-10-7/h2-5H,1H3,(H,10,11)(H,12,13)/t5-/m0/s1. The molecule has 13 heavy (non-hydrogen) atoms. The van der Waals surface area contributed by atoms with Crippen LogP contribution in [0.1, 0.15) is 6.92 Å². The van der Waals surface area contributed by atoms with Crippen LogP contribution in [0.5, 0.6) is 0 Å². The van der Waals surface area contributed by atoms with Crippen molar-refractivity contribution in [2.75, 3.05) is 5.32 Å². The van der Waals surface area contributed by atoms with Gasteiger partial charge in [0.05, 0.1) is 3.57 Å². The number of anilines is 1. The van der Waals surface area contributed by atoms with Crippen molar-refractivity contribution in [3.63, 3.8) is 0 Å². The summed E-state index contributed by atoms with van der Waals surface area (Å²) in [6.45, 7) is 1.58. The molecule has 1 heterocycles. The SMILES string of the molecule is C[C@H](Nc1ncccc1I)C(=O)O. The van der Waals surface area contributed by atoms with Gasteiger partial charge in [-0.1, -0.05) is 0 Å². The van der Waals surface area contributed by atoms with E-state index >= 15 is 0 Å². The van der Waals surface area contributed by atoms with Gasteiger partial charge in [-0.05, 0) is 41.6 Å². The van der Waals surface area contributed by atoms with Crippen molar-refractivity contribution in [1.82, 2.24) is 4.98 Å².